The van der Waals surface area contributed by atoms with Crippen LogP contribution < -0.4 is 0 Å². The first kappa shape index (κ1) is 26.5. The van der Waals surface area contributed by atoms with Gasteiger partial charge < -0.3 is 5.11 Å². The van der Waals surface area contributed by atoms with Crippen LogP contribution in [0.1, 0.15) is 143 Å². The summed E-state index contributed by atoms with van der Waals surface area (Å²) in [7, 11) is 0. The van der Waals surface area contributed by atoms with Crippen molar-refractivity contribution in [2.75, 3.05) is 0 Å². The van der Waals surface area contributed by atoms with Crippen molar-refractivity contribution in [2.45, 2.75) is 143 Å². The monoisotopic (exact) mass is 382 g/mol. The maximum atomic E-state index is 11.2. The quantitative estimate of drug-likeness (QED) is 0.201. The third kappa shape index (κ3) is 18.6. The van der Waals surface area contributed by atoms with Crippen molar-refractivity contribution in [3.05, 3.63) is 0 Å². The SMILES string of the molecule is CCCCCCCCCCCCCCCCCCCCC(C(=O)O)C(C)C. The van der Waals surface area contributed by atoms with Crippen molar-refractivity contribution in [1.29, 1.82) is 0 Å². The third-order valence-electron chi connectivity index (χ3n) is 5.99. The first-order valence-corrected chi connectivity index (χ1v) is 12.3. The van der Waals surface area contributed by atoms with E-state index >= 15 is 0 Å². The molecule has 0 spiro atoms. The second-order valence-corrected chi connectivity index (χ2v) is 8.99. The summed E-state index contributed by atoms with van der Waals surface area (Å²) < 4.78 is 0. The molecule has 0 aromatic carbocycles. The summed E-state index contributed by atoms with van der Waals surface area (Å²) in [5, 5.41) is 9.19. The smallest absolute Gasteiger partial charge is 0.306 e. The van der Waals surface area contributed by atoms with Crippen LogP contribution in [0.5, 0.6) is 0 Å². The van der Waals surface area contributed by atoms with E-state index in [2.05, 4.69) is 6.92 Å². The number of rotatable bonds is 21. The van der Waals surface area contributed by atoms with Crippen molar-refractivity contribution < 1.29 is 9.90 Å². The molecule has 1 unspecified atom stereocenters. The molecule has 0 amide bonds. The number of hydrogen-bond acceptors (Lipinski definition) is 1. The van der Waals surface area contributed by atoms with Crippen LogP contribution >= 0.6 is 0 Å². The summed E-state index contributed by atoms with van der Waals surface area (Å²) in [6, 6.07) is 0. The Balaban J connectivity index is 3.18. The molecule has 0 fully saturated rings. The van der Waals surface area contributed by atoms with Crippen molar-refractivity contribution in [3.63, 3.8) is 0 Å². The van der Waals surface area contributed by atoms with Gasteiger partial charge in [-0.2, -0.15) is 0 Å². The lowest BCUT2D eigenvalue weighted by atomic mass is 9.90. The fraction of sp³-hybridized carbons (Fsp3) is 0.960. The van der Waals surface area contributed by atoms with E-state index in [1.807, 2.05) is 13.8 Å². The molecule has 2 nitrogen and oxygen atoms in total. The van der Waals surface area contributed by atoms with Gasteiger partial charge in [-0.05, 0) is 12.3 Å². The molecular weight excluding hydrogens is 332 g/mol. The van der Waals surface area contributed by atoms with Crippen LogP contribution in [0.25, 0.3) is 0 Å². The fourth-order valence-electron chi connectivity index (χ4n) is 4.01. The van der Waals surface area contributed by atoms with Crippen LogP contribution in [-0.4, -0.2) is 11.1 Å². The molecular formula is C25H50O2. The number of carbonyl (C=O) groups is 1. The van der Waals surface area contributed by atoms with Gasteiger partial charge in [-0.1, -0.05) is 136 Å². The maximum Gasteiger partial charge on any atom is 0.306 e. The minimum atomic E-state index is -0.614. The van der Waals surface area contributed by atoms with E-state index in [4.69, 9.17) is 0 Å². The predicted octanol–water partition coefficient (Wildman–Crippen LogP) is 8.78. The lowest BCUT2D eigenvalue weighted by Gasteiger charge is -2.15. The normalized spacial score (nSPS) is 12.6. The first-order chi connectivity index (χ1) is 13.1. The van der Waals surface area contributed by atoms with Crippen molar-refractivity contribution in [3.8, 4) is 0 Å². The number of carboxylic acids is 1. The molecule has 0 rings (SSSR count). The number of carboxylic acid groups (broad SMARTS) is 1. The summed E-state index contributed by atoms with van der Waals surface area (Å²) in [5.41, 5.74) is 0. The Morgan fingerprint density at radius 3 is 1.15 bits per heavy atom. The van der Waals surface area contributed by atoms with Gasteiger partial charge in [0.05, 0.1) is 5.92 Å². The second kappa shape index (κ2) is 20.2. The van der Waals surface area contributed by atoms with Crippen molar-refractivity contribution >= 4 is 5.97 Å². The van der Waals surface area contributed by atoms with Gasteiger partial charge in [-0.25, -0.2) is 0 Å². The van der Waals surface area contributed by atoms with Crippen LogP contribution in [0, 0.1) is 11.8 Å². The molecule has 0 aliphatic carbocycles. The summed E-state index contributed by atoms with van der Waals surface area (Å²) in [6.07, 6.45) is 25.7. The van der Waals surface area contributed by atoms with E-state index in [-0.39, 0.29) is 11.8 Å². The van der Waals surface area contributed by atoms with Crippen LogP contribution in [0.4, 0.5) is 0 Å². The van der Waals surface area contributed by atoms with E-state index in [0.29, 0.717) is 0 Å². The highest BCUT2D eigenvalue weighted by Gasteiger charge is 2.20. The zero-order chi connectivity index (χ0) is 20.2. The van der Waals surface area contributed by atoms with Crippen LogP contribution in [0.3, 0.4) is 0 Å². The van der Waals surface area contributed by atoms with Crippen LogP contribution in [0.15, 0.2) is 0 Å². The van der Waals surface area contributed by atoms with Gasteiger partial charge in [0.25, 0.3) is 0 Å². The molecule has 0 radical (unpaired) electrons. The Morgan fingerprint density at radius 2 is 0.889 bits per heavy atom. The largest absolute Gasteiger partial charge is 0.481 e. The Hall–Kier alpha value is -0.530. The fourth-order valence-corrected chi connectivity index (χ4v) is 4.01. The number of aliphatic carboxylic acids is 1. The second-order valence-electron chi connectivity index (χ2n) is 8.99. The van der Waals surface area contributed by atoms with E-state index in [0.717, 1.165) is 12.8 Å². The van der Waals surface area contributed by atoms with Crippen molar-refractivity contribution in [1.82, 2.24) is 0 Å². The summed E-state index contributed by atoms with van der Waals surface area (Å²) >= 11 is 0. The highest BCUT2D eigenvalue weighted by atomic mass is 16.4. The topological polar surface area (TPSA) is 37.3 Å². The standard InChI is InChI=1S/C25H50O2/c1-4-5-6-7-8-9-10-11-12-13-14-15-16-17-18-19-20-21-22-24(23(2)3)25(26)27/h23-24H,4-22H2,1-3H3,(H,26,27). The molecule has 27 heavy (non-hydrogen) atoms. The average Bonchev–Trinajstić information content (AvgIpc) is 2.63. The molecule has 2 heteroatoms. The summed E-state index contributed by atoms with van der Waals surface area (Å²) in [6.45, 7) is 6.33. The molecule has 1 atom stereocenters. The van der Waals surface area contributed by atoms with E-state index in [1.54, 1.807) is 0 Å². The molecule has 0 aromatic heterocycles. The van der Waals surface area contributed by atoms with Gasteiger partial charge >= 0.3 is 5.97 Å². The van der Waals surface area contributed by atoms with Gasteiger partial charge in [0, 0.05) is 0 Å². The number of unbranched alkanes of at least 4 members (excludes halogenated alkanes) is 17. The number of hydrogen-bond donors (Lipinski definition) is 1. The average molecular weight is 383 g/mol. The Labute approximate surface area is 170 Å². The van der Waals surface area contributed by atoms with E-state index in [9.17, 15) is 9.90 Å². The van der Waals surface area contributed by atoms with Crippen LogP contribution in [0.2, 0.25) is 0 Å². The van der Waals surface area contributed by atoms with Gasteiger partial charge in [0.2, 0.25) is 0 Å². The highest BCUT2D eigenvalue weighted by Crippen LogP contribution is 2.20. The molecule has 0 aliphatic heterocycles. The minimum absolute atomic E-state index is 0.147. The zero-order valence-electron chi connectivity index (χ0n) is 18.9. The van der Waals surface area contributed by atoms with Gasteiger partial charge in [-0.3, -0.25) is 4.79 Å². The van der Waals surface area contributed by atoms with Gasteiger partial charge in [-0.15, -0.1) is 0 Å². The molecule has 0 bridgehead atoms. The zero-order valence-corrected chi connectivity index (χ0v) is 18.9. The molecule has 0 saturated heterocycles. The minimum Gasteiger partial charge on any atom is -0.481 e. The lowest BCUT2D eigenvalue weighted by Crippen LogP contribution is -2.19. The van der Waals surface area contributed by atoms with Crippen molar-refractivity contribution in [2.24, 2.45) is 11.8 Å². The molecule has 1 N–H and O–H groups in total. The molecule has 0 heterocycles. The van der Waals surface area contributed by atoms with E-state index in [1.165, 1.54) is 109 Å². The molecule has 162 valence electrons. The van der Waals surface area contributed by atoms with Crippen LogP contribution in [-0.2, 0) is 4.79 Å². The third-order valence-corrected chi connectivity index (χ3v) is 5.99. The molecule has 0 saturated carbocycles. The van der Waals surface area contributed by atoms with Gasteiger partial charge in [0.15, 0.2) is 0 Å². The Kier molecular flexibility index (Phi) is 19.8. The maximum absolute atomic E-state index is 11.2. The van der Waals surface area contributed by atoms with E-state index < -0.39 is 5.97 Å². The molecule has 0 aromatic rings. The first-order valence-electron chi connectivity index (χ1n) is 12.3. The van der Waals surface area contributed by atoms with Gasteiger partial charge in [0.1, 0.15) is 0 Å². The molecule has 0 aliphatic rings. The lowest BCUT2D eigenvalue weighted by molar-refractivity contribution is -0.143. The highest BCUT2D eigenvalue weighted by molar-refractivity contribution is 5.70. The summed E-state index contributed by atoms with van der Waals surface area (Å²) in [4.78, 5) is 11.2. The summed E-state index contributed by atoms with van der Waals surface area (Å²) in [5.74, 6) is -0.503. The Bertz CT molecular complexity index is 311. The Morgan fingerprint density at radius 1 is 0.593 bits per heavy atom. The predicted molar refractivity (Wildman–Crippen MR) is 119 cm³/mol.